The minimum absolute atomic E-state index is 0.433. The molecule has 0 spiro atoms. The molecule has 19 heavy (non-hydrogen) atoms. The van der Waals surface area contributed by atoms with Crippen LogP contribution in [0, 0.1) is 6.92 Å². The van der Waals surface area contributed by atoms with Gasteiger partial charge < -0.3 is 4.42 Å². The Kier molecular flexibility index (Phi) is 3.06. The van der Waals surface area contributed by atoms with Crippen LogP contribution in [-0.2, 0) is 6.54 Å². The monoisotopic (exact) mass is 251 g/mol. The fourth-order valence-electron chi connectivity index (χ4n) is 1.86. The van der Waals surface area contributed by atoms with Crippen molar-refractivity contribution in [2.24, 2.45) is 10.2 Å². The summed E-state index contributed by atoms with van der Waals surface area (Å²) in [6, 6.07) is 15.6. The van der Waals surface area contributed by atoms with Gasteiger partial charge in [-0.15, -0.1) is 5.11 Å². The number of aryl methyl sites for hydroxylation is 1. The molecule has 0 atom stereocenters. The van der Waals surface area contributed by atoms with E-state index in [0.717, 1.165) is 22.4 Å². The van der Waals surface area contributed by atoms with E-state index in [0.29, 0.717) is 12.4 Å². The second kappa shape index (κ2) is 5.02. The van der Waals surface area contributed by atoms with Gasteiger partial charge in [-0.3, -0.25) is 0 Å². The maximum Gasteiger partial charge on any atom is 0.174 e. The highest BCUT2D eigenvalue weighted by atomic mass is 16.3. The predicted molar refractivity (Wildman–Crippen MR) is 73.4 cm³/mol. The lowest BCUT2D eigenvalue weighted by Gasteiger charge is -1.96. The second-order valence-corrected chi connectivity index (χ2v) is 4.27. The van der Waals surface area contributed by atoms with Gasteiger partial charge in [0.2, 0.25) is 0 Å². The normalized spacial score (nSPS) is 11.4. The van der Waals surface area contributed by atoms with Gasteiger partial charge in [0.25, 0.3) is 0 Å². The molecule has 1 aromatic carbocycles. The first-order valence-electron chi connectivity index (χ1n) is 6.10. The van der Waals surface area contributed by atoms with Crippen LogP contribution in [0.15, 0.2) is 63.2 Å². The molecule has 0 fully saturated rings. The van der Waals surface area contributed by atoms with Gasteiger partial charge in [-0.05, 0) is 37.3 Å². The highest BCUT2D eigenvalue weighted by Gasteiger charge is 1.98. The highest BCUT2D eigenvalue weighted by Crippen LogP contribution is 2.17. The van der Waals surface area contributed by atoms with Crippen molar-refractivity contribution in [2.45, 2.75) is 13.5 Å². The molecule has 0 amide bonds. The van der Waals surface area contributed by atoms with Crippen molar-refractivity contribution in [1.29, 1.82) is 0 Å². The Balaban J connectivity index is 1.77. The number of fused-ring (bicyclic) bond motifs is 1. The molecule has 94 valence electrons. The summed E-state index contributed by atoms with van der Waals surface area (Å²) in [5, 5.41) is 9.32. The Hall–Kier alpha value is -2.49. The average Bonchev–Trinajstić information content (AvgIpc) is 2.84. The van der Waals surface area contributed by atoms with Crippen molar-refractivity contribution in [1.82, 2.24) is 4.98 Å². The molecule has 0 radical (unpaired) electrons. The topological polar surface area (TPSA) is 50.8 Å². The first-order valence-corrected chi connectivity index (χ1v) is 6.10. The Bertz CT molecular complexity index is 731. The highest BCUT2D eigenvalue weighted by molar-refractivity contribution is 5.79. The number of benzene rings is 1. The van der Waals surface area contributed by atoms with Crippen LogP contribution in [-0.4, -0.2) is 4.98 Å². The maximum absolute atomic E-state index is 5.42. The maximum atomic E-state index is 5.42. The van der Waals surface area contributed by atoms with Gasteiger partial charge in [-0.25, -0.2) is 4.98 Å². The number of azo groups is 1. The molecule has 0 aliphatic rings. The molecule has 0 aliphatic carbocycles. The first kappa shape index (κ1) is 11.6. The molecule has 3 aromatic rings. The summed E-state index contributed by atoms with van der Waals surface area (Å²) in [6.45, 7) is 2.34. The zero-order valence-electron chi connectivity index (χ0n) is 10.6. The van der Waals surface area contributed by atoms with Gasteiger partial charge in [0, 0.05) is 5.39 Å². The van der Waals surface area contributed by atoms with Gasteiger partial charge in [-0.1, -0.05) is 18.2 Å². The minimum atomic E-state index is 0.433. The number of hydrogen-bond donors (Lipinski definition) is 0. The van der Waals surface area contributed by atoms with Gasteiger partial charge in [0.1, 0.15) is 18.1 Å². The quantitative estimate of drug-likeness (QED) is 0.647. The largest absolute Gasteiger partial charge is 0.464 e. The van der Waals surface area contributed by atoms with E-state index >= 15 is 0 Å². The summed E-state index contributed by atoms with van der Waals surface area (Å²) in [5.74, 6) is 2.30. The van der Waals surface area contributed by atoms with Crippen LogP contribution in [0.4, 0.5) is 5.82 Å². The van der Waals surface area contributed by atoms with Crippen LogP contribution in [0.1, 0.15) is 11.5 Å². The van der Waals surface area contributed by atoms with Gasteiger partial charge in [0.05, 0.1) is 5.52 Å². The van der Waals surface area contributed by atoms with E-state index in [9.17, 15) is 0 Å². The van der Waals surface area contributed by atoms with Crippen molar-refractivity contribution in [3.63, 3.8) is 0 Å². The smallest absolute Gasteiger partial charge is 0.174 e. The molecule has 2 heterocycles. The first-order chi connectivity index (χ1) is 9.31. The SMILES string of the molecule is Cc1ccc(CN=Nc2ccc3ccccc3n2)o1. The molecule has 0 saturated carbocycles. The number of pyridine rings is 1. The zero-order chi connectivity index (χ0) is 13.1. The Morgan fingerprint density at radius 2 is 1.95 bits per heavy atom. The Labute approximate surface area is 110 Å². The fourth-order valence-corrected chi connectivity index (χ4v) is 1.86. The number of furan rings is 1. The summed E-state index contributed by atoms with van der Waals surface area (Å²) >= 11 is 0. The number of nitrogens with zero attached hydrogens (tertiary/aromatic N) is 3. The summed E-state index contributed by atoms with van der Waals surface area (Å²) < 4.78 is 5.42. The Morgan fingerprint density at radius 1 is 1.05 bits per heavy atom. The molecule has 2 aromatic heterocycles. The fraction of sp³-hybridized carbons (Fsp3) is 0.133. The molecule has 0 saturated heterocycles. The third-order valence-electron chi connectivity index (χ3n) is 2.78. The summed E-state index contributed by atoms with van der Waals surface area (Å²) in [7, 11) is 0. The van der Waals surface area contributed by atoms with E-state index in [2.05, 4.69) is 15.2 Å². The van der Waals surface area contributed by atoms with E-state index in [1.165, 1.54) is 0 Å². The number of aromatic nitrogens is 1. The van der Waals surface area contributed by atoms with Crippen LogP contribution < -0.4 is 0 Å². The molecular weight excluding hydrogens is 238 g/mol. The molecule has 4 heteroatoms. The number of para-hydroxylation sites is 1. The third-order valence-corrected chi connectivity index (χ3v) is 2.78. The van der Waals surface area contributed by atoms with E-state index < -0.39 is 0 Å². The lowest BCUT2D eigenvalue weighted by Crippen LogP contribution is -1.78. The summed E-state index contributed by atoms with van der Waals surface area (Å²) in [5.41, 5.74) is 0.924. The van der Waals surface area contributed by atoms with E-state index in [1.807, 2.05) is 55.5 Å². The second-order valence-electron chi connectivity index (χ2n) is 4.27. The molecule has 3 rings (SSSR count). The van der Waals surface area contributed by atoms with E-state index in [1.54, 1.807) is 0 Å². The molecule has 0 unspecified atom stereocenters. The lowest BCUT2D eigenvalue weighted by atomic mass is 10.2. The average molecular weight is 251 g/mol. The van der Waals surface area contributed by atoms with Crippen LogP contribution in [0.5, 0.6) is 0 Å². The minimum Gasteiger partial charge on any atom is -0.464 e. The van der Waals surface area contributed by atoms with Gasteiger partial charge in [-0.2, -0.15) is 5.11 Å². The Morgan fingerprint density at radius 3 is 2.79 bits per heavy atom. The van der Waals surface area contributed by atoms with Crippen LogP contribution in [0.2, 0.25) is 0 Å². The molecule has 0 aliphatic heterocycles. The lowest BCUT2D eigenvalue weighted by molar-refractivity contribution is 0.483. The van der Waals surface area contributed by atoms with Crippen LogP contribution >= 0.6 is 0 Å². The molecular formula is C15H13N3O. The van der Waals surface area contributed by atoms with Gasteiger partial charge >= 0.3 is 0 Å². The summed E-state index contributed by atoms with van der Waals surface area (Å²) in [6.07, 6.45) is 0. The van der Waals surface area contributed by atoms with E-state index in [-0.39, 0.29) is 0 Å². The van der Waals surface area contributed by atoms with Crippen molar-refractivity contribution in [2.75, 3.05) is 0 Å². The number of hydrogen-bond acceptors (Lipinski definition) is 4. The third kappa shape index (κ3) is 2.68. The van der Waals surface area contributed by atoms with Crippen LogP contribution in [0.25, 0.3) is 10.9 Å². The van der Waals surface area contributed by atoms with Crippen molar-refractivity contribution in [3.8, 4) is 0 Å². The van der Waals surface area contributed by atoms with Gasteiger partial charge in [0.15, 0.2) is 5.82 Å². The summed E-state index contributed by atoms with van der Waals surface area (Å²) in [4.78, 5) is 4.42. The van der Waals surface area contributed by atoms with Crippen molar-refractivity contribution in [3.05, 3.63) is 60.1 Å². The standard InChI is InChI=1S/C15H13N3O/c1-11-6-8-13(19-11)10-16-18-15-9-7-12-4-2-3-5-14(12)17-15/h2-9H,10H2,1H3. The van der Waals surface area contributed by atoms with Crippen molar-refractivity contribution >= 4 is 16.7 Å². The zero-order valence-corrected chi connectivity index (χ0v) is 10.6. The van der Waals surface area contributed by atoms with Crippen LogP contribution in [0.3, 0.4) is 0 Å². The predicted octanol–water partition coefficient (Wildman–Crippen LogP) is 4.42. The molecule has 0 bridgehead atoms. The number of rotatable bonds is 3. The molecule has 4 nitrogen and oxygen atoms in total. The van der Waals surface area contributed by atoms with Crippen molar-refractivity contribution < 1.29 is 4.42 Å². The molecule has 0 N–H and O–H groups in total. The van der Waals surface area contributed by atoms with E-state index in [4.69, 9.17) is 4.42 Å².